The Balaban J connectivity index is 1.73. The molecule has 3 rings (SSSR count). The van der Waals surface area contributed by atoms with Gasteiger partial charge in [0.25, 0.3) is 5.91 Å². The molecule has 0 aliphatic rings. The number of benzene rings is 2. The van der Waals surface area contributed by atoms with Crippen LogP contribution < -0.4 is 15.4 Å². The van der Waals surface area contributed by atoms with Crippen LogP contribution in [-0.4, -0.2) is 34.9 Å². The first-order valence-electron chi connectivity index (χ1n) is 10.0. The molecule has 7 heteroatoms. The molecule has 0 radical (unpaired) electrons. The SMILES string of the molecule is COc1ccc(C(=O)NC(C(=O)Nc2cccc(-c3ccnc(C)n3)c2)C(C)C)cc1. The highest BCUT2D eigenvalue weighted by atomic mass is 16.5. The Morgan fingerprint density at radius 1 is 1.03 bits per heavy atom. The van der Waals surface area contributed by atoms with Crippen LogP contribution in [0.4, 0.5) is 5.69 Å². The smallest absolute Gasteiger partial charge is 0.251 e. The van der Waals surface area contributed by atoms with Crippen molar-refractivity contribution in [3.63, 3.8) is 0 Å². The van der Waals surface area contributed by atoms with Gasteiger partial charge in [0.2, 0.25) is 5.91 Å². The van der Waals surface area contributed by atoms with Crippen LogP contribution in [-0.2, 0) is 4.79 Å². The predicted octanol–water partition coefficient (Wildman–Crippen LogP) is 3.85. The number of hydrogen-bond acceptors (Lipinski definition) is 5. The van der Waals surface area contributed by atoms with E-state index in [2.05, 4.69) is 20.6 Å². The van der Waals surface area contributed by atoms with Crippen LogP contribution >= 0.6 is 0 Å². The van der Waals surface area contributed by atoms with Gasteiger partial charge in [-0.2, -0.15) is 0 Å². The molecule has 0 aliphatic carbocycles. The normalized spacial score (nSPS) is 11.6. The highest BCUT2D eigenvalue weighted by Gasteiger charge is 2.25. The Bertz CT molecular complexity index is 1060. The molecule has 1 atom stereocenters. The zero-order valence-electron chi connectivity index (χ0n) is 18.0. The number of methoxy groups -OCH3 is 1. The van der Waals surface area contributed by atoms with Gasteiger partial charge in [-0.05, 0) is 55.3 Å². The van der Waals surface area contributed by atoms with Crippen molar-refractivity contribution >= 4 is 17.5 Å². The molecule has 1 heterocycles. The Hall–Kier alpha value is -3.74. The molecule has 7 nitrogen and oxygen atoms in total. The van der Waals surface area contributed by atoms with Crippen molar-refractivity contribution in [1.29, 1.82) is 0 Å². The largest absolute Gasteiger partial charge is 0.497 e. The van der Waals surface area contributed by atoms with Crippen LogP contribution in [0.5, 0.6) is 5.75 Å². The summed E-state index contributed by atoms with van der Waals surface area (Å²) in [4.78, 5) is 34.1. The zero-order valence-corrected chi connectivity index (χ0v) is 18.0. The van der Waals surface area contributed by atoms with E-state index in [4.69, 9.17) is 4.74 Å². The number of nitrogens with one attached hydrogen (secondary N) is 2. The topological polar surface area (TPSA) is 93.2 Å². The maximum atomic E-state index is 13.0. The molecule has 0 fully saturated rings. The first-order valence-corrected chi connectivity index (χ1v) is 10.0. The summed E-state index contributed by atoms with van der Waals surface area (Å²) in [5.41, 5.74) is 2.73. The van der Waals surface area contributed by atoms with Crippen LogP contribution in [0, 0.1) is 12.8 Å². The van der Waals surface area contributed by atoms with Crippen LogP contribution in [0.2, 0.25) is 0 Å². The molecule has 0 spiro atoms. The summed E-state index contributed by atoms with van der Waals surface area (Å²) >= 11 is 0. The fraction of sp³-hybridized carbons (Fsp3) is 0.250. The van der Waals surface area contributed by atoms with Crippen molar-refractivity contribution in [2.45, 2.75) is 26.8 Å². The lowest BCUT2D eigenvalue weighted by Gasteiger charge is -2.22. The number of carbonyl (C=O) groups excluding carboxylic acids is 2. The van der Waals surface area contributed by atoms with E-state index in [0.717, 1.165) is 11.3 Å². The average molecular weight is 418 g/mol. The fourth-order valence-corrected chi connectivity index (χ4v) is 3.10. The van der Waals surface area contributed by atoms with Crippen molar-refractivity contribution < 1.29 is 14.3 Å². The molecular formula is C24H26N4O3. The maximum Gasteiger partial charge on any atom is 0.251 e. The number of anilines is 1. The second kappa shape index (κ2) is 9.84. The molecule has 2 aromatic carbocycles. The number of carbonyl (C=O) groups is 2. The van der Waals surface area contributed by atoms with E-state index in [-0.39, 0.29) is 17.7 Å². The monoisotopic (exact) mass is 418 g/mol. The molecule has 0 aliphatic heterocycles. The molecular weight excluding hydrogens is 392 g/mol. The van der Waals surface area contributed by atoms with Gasteiger partial charge in [0.05, 0.1) is 12.8 Å². The average Bonchev–Trinajstić information content (AvgIpc) is 2.77. The number of nitrogens with zero attached hydrogens (tertiary/aromatic N) is 2. The second-order valence-corrected chi connectivity index (χ2v) is 7.48. The van der Waals surface area contributed by atoms with E-state index in [1.165, 1.54) is 0 Å². The third-order valence-electron chi connectivity index (χ3n) is 4.79. The molecule has 0 bridgehead atoms. The summed E-state index contributed by atoms with van der Waals surface area (Å²) in [6.07, 6.45) is 1.70. The van der Waals surface area contributed by atoms with Gasteiger partial charge in [0.1, 0.15) is 17.6 Å². The Morgan fingerprint density at radius 2 is 1.77 bits per heavy atom. The van der Waals surface area contributed by atoms with E-state index < -0.39 is 6.04 Å². The number of rotatable bonds is 7. The lowest BCUT2D eigenvalue weighted by molar-refractivity contribution is -0.118. The van der Waals surface area contributed by atoms with Crippen molar-refractivity contribution in [1.82, 2.24) is 15.3 Å². The summed E-state index contributed by atoms with van der Waals surface area (Å²) in [6.45, 7) is 5.60. The summed E-state index contributed by atoms with van der Waals surface area (Å²) in [5.74, 6) is 0.631. The minimum atomic E-state index is -0.695. The van der Waals surface area contributed by atoms with Gasteiger partial charge < -0.3 is 15.4 Å². The van der Waals surface area contributed by atoms with Gasteiger partial charge in [0, 0.05) is 23.0 Å². The van der Waals surface area contributed by atoms with Gasteiger partial charge in [-0.1, -0.05) is 26.0 Å². The number of aryl methyl sites for hydroxylation is 1. The first-order chi connectivity index (χ1) is 14.9. The molecule has 1 aromatic heterocycles. The lowest BCUT2D eigenvalue weighted by atomic mass is 10.0. The molecule has 0 saturated heterocycles. The first kappa shape index (κ1) is 22.0. The molecule has 0 saturated carbocycles. The number of aromatic nitrogens is 2. The number of amides is 2. The maximum absolute atomic E-state index is 13.0. The third-order valence-corrected chi connectivity index (χ3v) is 4.79. The molecule has 160 valence electrons. The molecule has 1 unspecified atom stereocenters. The summed E-state index contributed by atoms with van der Waals surface area (Å²) in [6, 6.07) is 15.3. The van der Waals surface area contributed by atoms with Gasteiger partial charge in [0.15, 0.2) is 0 Å². The summed E-state index contributed by atoms with van der Waals surface area (Å²) in [7, 11) is 1.56. The van der Waals surface area contributed by atoms with E-state index >= 15 is 0 Å². The van der Waals surface area contributed by atoms with Gasteiger partial charge in [-0.3, -0.25) is 9.59 Å². The highest BCUT2D eigenvalue weighted by molar-refractivity contribution is 6.01. The van der Waals surface area contributed by atoms with Gasteiger partial charge in [-0.25, -0.2) is 9.97 Å². The van der Waals surface area contributed by atoms with Crippen LogP contribution in [0.1, 0.15) is 30.0 Å². The van der Waals surface area contributed by atoms with Crippen molar-refractivity contribution in [3.05, 3.63) is 72.2 Å². The van der Waals surface area contributed by atoms with Crippen molar-refractivity contribution in [3.8, 4) is 17.0 Å². The van der Waals surface area contributed by atoms with Crippen molar-refractivity contribution in [2.75, 3.05) is 12.4 Å². The minimum absolute atomic E-state index is 0.102. The zero-order chi connectivity index (χ0) is 22.4. The quantitative estimate of drug-likeness (QED) is 0.608. The number of hydrogen-bond donors (Lipinski definition) is 2. The third kappa shape index (κ3) is 5.66. The van der Waals surface area contributed by atoms with Crippen LogP contribution in [0.25, 0.3) is 11.3 Å². The summed E-state index contributed by atoms with van der Waals surface area (Å²) in [5, 5.41) is 5.74. The second-order valence-electron chi connectivity index (χ2n) is 7.48. The molecule has 2 N–H and O–H groups in total. The Kier molecular flexibility index (Phi) is 6.97. The highest BCUT2D eigenvalue weighted by Crippen LogP contribution is 2.21. The van der Waals surface area contributed by atoms with Crippen LogP contribution in [0.15, 0.2) is 60.8 Å². The van der Waals surface area contributed by atoms with Gasteiger partial charge in [-0.15, -0.1) is 0 Å². The Morgan fingerprint density at radius 3 is 2.42 bits per heavy atom. The molecule has 2 amide bonds. The van der Waals surface area contributed by atoms with E-state index in [1.807, 2.05) is 45.0 Å². The van der Waals surface area contributed by atoms with Crippen molar-refractivity contribution in [2.24, 2.45) is 5.92 Å². The Labute approximate surface area is 181 Å². The lowest BCUT2D eigenvalue weighted by Crippen LogP contribution is -2.47. The van der Waals surface area contributed by atoms with E-state index in [9.17, 15) is 9.59 Å². The minimum Gasteiger partial charge on any atom is -0.497 e. The standard InChI is InChI=1S/C24H26N4O3/c1-15(2)22(28-23(29)17-8-10-20(31-4)11-9-17)24(30)27-19-7-5-6-18(14-19)21-12-13-25-16(3)26-21/h5-15,22H,1-4H3,(H,27,30)(H,28,29). The predicted molar refractivity (Wildman–Crippen MR) is 120 cm³/mol. The fourth-order valence-electron chi connectivity index (χ4n) is 3.10. The molecule has 31 heavy (non-hydrogen) atoms. The number of ether oxygens (including phenoxy) is 1. The molecule has 3 aromatic rings. The van der Waals surface area contributed by atoms with Gasteiger partial charge >= 0.3 is 0 Å². The van der Waals surface area contributed by atoms with Crippen LogP contribution in [0.3, 0.4) is 0 Å². The summed E-state index contributed by atoms with van der Waals surface area (Å²) < 4.78 is 5.12. The van der Waals surface area contributed by atoms with E-state index in [1.54, 1.807) is 43.6 Å². The van der Waals surface area contributed by atoms with E-state index in [0.29, 0.717) is 22.8 Å².